The average molecular weight is 311 g/mol. The molecule has 0 saturated carbocycles. The molecule has 120 valence electrons. The van der Waals surface area contributed by atoms with Gasteiger partial charge in [0.1, 0.15) is 0 Å². The molecule has 0 radical (unpaired) electrons. The lowest BCUT2D eigenvalue weighted by Gasteiger charge is -2.35. The number of hydrogen-bond donors (Lipinski definition) is 1. The van der Waals surface area contributed by atoms with Gasteiger partial charge in [-0.3, -0.25) is 4.90 Å². The van der Waals surface area contributed by atoms with Gasteiger partial charge in [-0.05, 0) is 63.5 Å². The van der Waals surface area contributed by atoms with Crippen molar-refractivity contribution in [2.24, 2.45) is 11.8 Å². The van der Waals surface area contributed by atoms with Crippen LogP contribution in [0.4, 0.5) is 0 Å². The number of halogens is 1. The minimum atomic E-state index is 0.367. The van der Waals surface area contributed by atoms with E-state index in [0.29, 0.717) is 23.9 Å². The van der Waals surface area contributed by atoms with E-state index < -0.39 is 0 Å². The summed E-state index contributed by atoms with van der Waals surface area (Å²) in [6, 6.07) is 9.06. The largest absolute Gasteiger partial charge is 0.316 e. The van der Waals surface area contributed by atoms with E-state index in [-0.39, 0.29) is 0 Å². The molecule has 0 aliphatic carbocycles. The monoisotopic (exact) mass is 310 g/mol. The minimum absolute atomic E-state index is 0.367. The first kappa shape index (κ1) is 18.5. The summed E-state index contributed by atoms with van der Waals surface area (Å²) in [5, 5.41) is 4.37. The van der Waals surface area contributed by atoms with Crippen LogP contribution in [-0.4, -0.2) is 31.1 Å². The van der Waals surface area contributed by atoms with Crippen molar-refractivity contribution in [2.45, 2.75) is 46.7 Å². The molecule has 1 aromatic rings. The molecule has 21 heavy (non-hydrogen) atoms. The lowest BCUT2D eigenvalue weighted by atomic mass is 9.98. The van der Waals surface area contributed by atoms with Crippen LogP contribution in [0.1, 0.15) is 46.2 Å². The van der Waals surface area contributed by atoms with Crippen molar-refractivity contribution >= 4 is 11.6 Å². The minimum Gasteiger partial charge on any atom is -0.316 e. The predicted octanol–water partition coefficient (Wildman–Crippen LogP) is 4.60. The molecule has 3 heteroatoms. The fraction of sp³-hybridized carbons (Fsp3) is 0.667. The lowest BCUT2D eigenvalue weighted by molar-refractivity contribution is 0.149. The van der Waals surface area contributed by atoms with Crippen molar-refractivity contribution in [1.82, 2.24) is 10.2 Å². The molecule has 0 aromatic heterocycles. The first-order valence-electron chi connectivity index (χ1n) is 8.01. The number of hydrogen-bond acceptors (Lipinski definition) is 2. The summed E-state index contributed by atoms with van der Waals surface area (Å²) < 4.78 is 0. The van der Waals surface area contributed by atoms with Gasteiger partial charge >= 0.3 is 0 Å². The van der Waals surface area contributed by atoms with Gasteiger partial charge in [0.05, 0.1) is 0 Å². The van der Waals surface area contributed by atoms with Crippen molar-refractivity contribution in [3.63, 3.8) is 0 Å². The zero-order valence-electron chi connectivity index (χ0n) is 14.4. The molecule has 0 spiro atoms. The van der Waals surface area contributed by atoms with Gasteiger partial charge in [-0.25, -0.2) is 0 Å². The van der Waals surface area contributed by atoms with Crippen molar-refractivity contribution in [2.75, 3.05) is 20.1 Å². The number of benzene rings is 1. The van der Waals surface area contributed by atoms with E-state index in [0.717, 1.165) is 18.1 Å². The topological polar surface area (TPSA) is 15.3 Å². The van der Waals surface area contributed by atoms with Gasteiger partial charge < -0.3 is 5.32 Å². The van der Waals surface area contributed by atoms with E-state index in [2.05, 4.69) is 64.0 Å². The molecular formula is C18H31ClN2. The molecule has 0 bridgehead atoms. The molecule has 3 atom stereocenters. The average Bonchev–Trinajstić information content (AvgIpc) is 2.44. The summed E-state index contributed by atoms with van der Waals surface area (Å²) in [4.78, 5) is 2.44. The van der Waals surface area contributed by atoms with Crippen LogP contribution in [0.5, 0.6) is 0 Å². The van der Waals surface area contributed by atoms with Crippen LogP contribution in [-0.2, 0) is 0 Å². The molecule has 0 amide bonds. The third kappa shape index (κ3) is 5.98. The Bertz CT molecular complexity index is 419. The summed E-state index contributed by atoms with van der Waals surface area (Å²) >= 11 is 6.11. The van der Waals surface area contributed by atoms with Gasteiger partial charge in [-0.2, -0.15) is 0 Å². The Morgan fingerprint density at radius 2 is 1.76 bits per heavy atom. The molecule has 0 aliphatic heterocycles. The van der Waals surface area contributed by atoms with Crippen LogP contribution >= 0.6 is 11.6 Å². The van der Waals surface area contributed by atoms with Gasteiger partial charge in [-0.1, -0.05) is 44.5 Å². The number of nitrogens with one attached hydrogen (secondary N) is 1. The van der Waals surface area contributed by atoms with E-state index in [9.17, 15) is 0 Å². The van der Waals surface area contributed by atoms with E-state index >= 15 is 0 Å². The number of rotatable bonds is 8. The van der Waals surface area contributed by atoms with E-state index in [4.69, 9.17) is 11.6 Å². The molecule has 0 saturated heterocycles. The SMILES string of the molecule is CC(C)CNCC(C)C(C)N(C)C(C)c1cccc(Cl)c1. The third-order valence-electron chi connectivity index (χ3n) is 4.43. The van der Waals surface area contributed by atoms with Crippen molar-refractivity contribution in [1.29, 1.82) is 0 Å². The first-order valence-corrected chi connectivity index (χ1v) is 8.38. The first-order chi connectivity index (χ1) is 9.82. The third-order valence-corrected chi connectivity index (χ3v) is 4.66. The van der Waals surface area contributed by atoms with Crippen LogP contribution in [0.3, 0.4) is 0 Å². The smallest absolute Gasteiger partial charge is 0.0409 e. The Labute approximate surface area is 135 Å². The molecular weight excluding hydrogens is 280 g/mol. The zero-order chi connectivity index (χ0) is 16.0. The van der Waals surface area contributed by atoms with Crippen LogP contribution in [0.25, 0.3) is 0 Å². The van der Waals surface area contributed by atoms with Gasteiger partial charge in [0.15, 0.2) is 0 Å². The molecule has 3 unspecified atom stereocenters. The Hall–Kier alpha value is -0.570. The molecule has 0 heterocycles. The maximum Gasteiger partial charge on any atom is 0.0409 e. The summed E-state index contributed by atoms with van der Waals surface area (Å²) in [6.07, 6.45) is 0. The van der Waals surface area contributed by atoms with Gasteiger partial charge in [0, 0.05) is 17.1 Å². The van der Waals surface area contributed by atoms with Crippen LogP contribution in [0.2, 0.25) is 5.02 Å². The standard InChI is InChI=1S/C18H31ClN2/c1-13(2)11-20-12-14(3)15(4)21(6)16(5)17-8-7-9-18(19)10-17/h7-10,13-16,20H,11-12H2,1-6H3. The maximum atomic E-state index is 6.11. The molecule has 1 rings (SSSR count). The molecule has 2 nitrogen and oxygen atoms in total. The highest BCUT2D eigenvalue weighted by atomic mass is 35.5. The lowest BCUT2D eigenvalue weighted by Crippen LogP contribution is -2.40. The molecule has 1 N–H and O–H groups in total. The highest BCUT2D eigenvalue weighted by Crippen LogP contribution is 2.25. The Balaban J connectivity index is 2.58. The second-order valence-electron chi connectivity index (χ2n) is 6.67. The zero-order valence-corrected chi connectivity index (χ0v) is 15.1. The van der Waals surface area contributed by atoms with Gasteiger partial charge in [0.25, 0.3) is 0 Å². The van der Waals surface area contributed by atoms with Crippen molar-refractivity contribution < 1.29 is 0 Å². The quantitative estimate of drug-likeness (QED) is 0.754. The summed E-state index contributed by atoms with van der Waals surface area (Å²) in [7, 11) is 2.20. The van der Waals surface area contributed by atoms with Gasteiger partial charge in [-0.15, -0.1) is 0 Å². The van der Waals surface area contributed by atoms with Crippen LogP contribution in [0.15, 0.2) is 24.3 Å². The second-order valence-corrected chi connectivity index (χ2v) is 7.10. The van der Waals surface area contributed by atoms with Crippen molar-refractivity contribution in [3.8, 4) is 0 Å². The van der Waals surface area contributed by atoms with Gasteiger partial charge in [0.2, 0.25) is 0 Å². The molecule has 0 aliphatic rings. The second kappa shape index (κ2) is 8.77. The fourth-order valence-electron chi connectivity index (χ4n) is 2.53. The highest BCUT2D eigenvalue weighted by Gasteiger charge is 2.22. The maximum absolute atomic E-state index is 6.11. The van der Waals surface area contributed by atoms with E-state index in [1.165, 1.54) is 5.56 Å². The van der Waals surface area contributed by atoms with E-state index in [1.807, 2.05) is 12.1 Å². The van der Waals surface area contributed by atoms with E-state index in [1.54, 1.807) is 0 Å². The van der Waals surface area contributed by atoms with Crippen LogP contribution < -0.4 is 5.32 Å². The van der Waals surface area contributed by atoms with Crippen LogP contribution in [0, 0.1) is 11.8 Å². The fourth-order valence-corrected chi connectivity index (χ4v) is 2.72. The Morgan fingerprint density at radius 3 is 2.33 bits per heavy atom. The number of nitrogens with zero attached hydrogens (tertiary/aromatic N) is 1. The predicted molar refractivity (Wildman–Crippen MR) is 94.0 cm³/mol. The molecule has 0 fully saturated rings. The normalized spacial score (nSPS) is 16.2. The van der Waals surface area contributed by atoms with Crippen molar-refractivity contribution in [3.05, 3.63) is 34.9 Å². The highest BCUT2D eigenvalue weighted by molar-refractivity contribution is 6.30. The Kier molecular flexibility index (Phi) is 7.72. The summed E-state index contributed by atoms with van der Waals surface area (Å²) in [5.74, 6) is 1.31. The Morgan fingerprint density at radius 1 is 1.10 bits per heavy atom. The summed E-state index contributed by atoms with van der Waals surface area (Å²) in [5.41, 5.74) is 1.28. The summed E-state index contributed by atoms with van der Waals surface area (Å²) in [6.45, 7) is 13.5. The molecule has 1 aromatic carbocycles.